The molecule has 13 N–H and O–H groups in total. The lowest BCUT2D eigenvalue weighted by Crippen LogP contribution is -2.55. The number of fused-ring (bicyclic) bond motifs is 1. The molecule has 0 radical (unpaired) electrons. The van der Waals surface area contributed by atoms with Gasteiger partial charge in [-0.25, -0.2) is 0 Å². The summed E-state index contributed by atoms with van der Waals surface area (Å²) in [5.74, 6) is -9.63. The molecule has 4 aromatic carbocycles. The van der Waals surface area contributed by atoms with Crippen molar-refractivity contribution in [2.75, 3.05) is 6.61 Å². The molecule has 4 aromatic rings. The standard InChI is InChI=1S/C36H35NO17/c38-11-22-28(45)33(50)34(51)36(54-22)27-30(47)24(17(41)5-2-12-1-4-15(39)18(42)7-12)29(46)26(31(27)48)25-23-20(44)9-14(37-52)10-21(23)53-35(32(25)49)13-3-6-16(40)19(43)8-13/h1,3-4,6-10,22,25,28,32-36,38-40,42-51H,2,5,11H2. The number of aryl methyl sites for hydroxylation is 1. The first-order valence-electron chi connectivity index (χ1n) is 16.3. The van der Waals surface area contributed by atoms with E-state index in [2.05, 4.69) is 5.18 Å². The van der Waals surface area contributed by atoms with Crippen LogP contribution in [0, 0.1) is 4.91 Å². The van der Waals surface area contributed by atoms with Crippen molar-refractivity contribution in [3.63, 3.8) is 0 Å². The average molecular weight is 754 g/mol. The van der Waals surface area contributed by atoms with E-state index in [-0.39, 0.29) is 29.0 Å². The van der Waals surface area contributed by atoms with E-state index in [0.29, 0.717) is 5.56 Å². The third kappa shape index (κ3) is 6.40. The highest BCUT2D eigenvalue weighted by atomic mass is 16.5. The van der Waals surface area contributed by atoms with Gasteiger partial charge in [-0.1, -0.05) is 12.1 Å². The second kappa shape index (κ2) is 14.5. The Morgan fingerprint density at radius 2 is 1.30 bits per heavy atom. The van der Waals surface area contributed by atoms with Gasteiger partial charge in [0.1, 0.15) is 76.6 Å². The quantitative estimate of drug-likeness (QED) is 0.0657. The number of nitroso groups, excluding NO2 is 1. The van der Waals surface area contributed by atoms with Gasteiger partial charge in [0.05, 0.1) is 18.1 Å². The zero-order chi connectivity index (χ0) is 39.3. The van der Waals surface area contributed by atoms with E-state index in [9.17, 15) is 76.1 Å². The van der Waals surface area contributed by atoms with Gasteiger partial charge in [0.25, 0.3) is 0 Å². The largest absolute Gasteiger partial charge is 0.507 e. The molecule has 8 unspecified atom stereocenters. The zero-order valence-electron chi connectivity index (χ0n) is 27.8. The lowest BCUT2D eigenvalue weighted by atomic mass is 9.76. The second-order valence-corrected chi connectivity index (χ2v) is 13.0. The molecule has 1 saturated heterocycles. The van der Waals surface area contributed by atoms with Gasteiger partial charge >= 0.3 is 0 Å². The van der Waals surface area contributed by atoms with Gasteiger partial charge in [0, 0.05) is 29.7 Å². The van der Waals surface area contributed by atoms with Crippen LogP contribution in [0.2, 0.25) is 0 Å². The number of ketones is 1. The van der Waals surface area contributed by atoms with Crippen molar-refractivity contribution in [2.45, 2.75) is 61.5 Å². The Kier molecular flexibility index (Phi) is 10.2. The van der Waals surface area contributed by atoms with Gasteiger partial charge in [0.2, 0.25) is 0 Å². The van der Waals surface area contributed by atoms with E-state index >= 15 is 0 Å². The van der Waals surface area contributed by atoms with Crippen LogP contribution < -0.4 is 4.74 Å². The molecule has 54 heavy (non-hydrogen) atoms. The third-order valence-electron chi connectivity index (χ3n) is 9.70. The number of phenolic OH excluding ortho intramolecular Hbond substituents is 8. The molecule has 18 heteroatoms. The summed E-state index contributed by atoms with van der Waals surface area (Å²) in [5, 5.41) is 143. The van der Waals surface area contributed by atoms with E-state index in [1.165, 1.54) is 12.1 Å². The maximum atomic E-state index is 14.0. The van der Waals surface area contributed by atoms with Crippen LogP contribution in [0.25, 0.3) is 0 Å². The molecule has 2 aliphatic heterocycles. The first-order chi connectivity index (χ1) is 25.6. The molecule has 0 aliphatic carbocycles. The Bertz CT molecular complexity index is 2120. The molecule has 1 fully saturated rings. The van der Waals surface area contributed by atoms with Crippen LogP contribution in [0.3, 0.4) is 0 Å². The predicted octanol–water partition coefficient (Wildman–Crippen LogP) is 1.69. The van der Waals surface area contributed by atoms with Gasteiger partial charge in [-0.15, -0.1) is 4.91 Å². The number of Topliss-reactive ketones (excluding diaryl/α,β-unsaturated/α-hetero) is 1. The van der Waals surface area contributed by atoms with Crippen LogP contribution in [0.1, 0.15) is 62.7 Å². The highest BCUT2D eigenvalue weighted by Crippen LogP contribution is 2.58. The first kappa shape index (κ1) is 37.9. The SMILES string of the molecule is O=Nc1cc(O)c2c(c1)OC(c1ccc(O)c(O)c1)C(O)C2c1c(O)c(C(=O)CCc2ccc(O)c(O)c2)c(O)c(C2OC(CO)C(O)C(O)C2O)c1O. The molecule has 0 spiro atoms. The monoisotopic (exact) mass is 753 g/mol. The first-order valence-corrected chi connectivity index (χ1v) is 16.3. The number of benzene rings is 4. The van der Waals surface area contributed by atoms with Crippen molar-refractivity contribution in [1.29, 1.82) is 0 Å². The summed E-state index contributed by atoms with van der Waals surface area (Å²) in [6.45, 7) is -0.937. The summed E-state index contributed by atoms with van der Waals surface area (Å²) >= 11 is 0. The van der Waals surface area contributed by atoms with Gasteiger partial charge in [-0.3, -0.25) is 4.79 Å². The number of aliphatic hydroxyl groups excluding tert-OH is 5. The highest BCUT2D eigenvalue weighted by molar-refractivity contribution is 6.03. The Morgan fingerprint density at radius 1 is 0.648 bits per heavy atom. The maximum Gasteiger partial charge on any atom is 0.170 e. The van der Waals surface area contributed by atoms with Crippen molar-refractivity contribution in [2.24, 2.45) is 5.18 Å². The number of carbonyl (C=O) groups excluding carboxylic acids is 1. The number of phenols is 8. The van der Waals surface area contributed by atoms with Crippen LogP contribution >= 0.6 is 0 Å². The summed E-state index contributed by atoms with van der Waals surface area (Å²) in [5.41, 5.74) is -2.99. The summed E-state index contributed by atoms with van der Waals surface area (Å²) in [6.07, 6.45) is -14.0. The third-order valence-corrected chi connectivity index (χ3v) is 9.70. The van der Waals surface area contributed by atoms with Crippen molar-refractivity contribution >= 4 is 11.5 Å². The van der Waals surface area contributed by atoms with E-state index in [0.717, 1.165) is 36.4 Å². The van der Waals surface area contributed by atoms with Crippen molar-refractivity contribution < 1.29 is 80.7 Å². The van der Waals surface area contributed by atoms with Crippen LogP contribution in [0.15, 0.2) is 53.7 Å². The highest BCUT2D eigenvalue weighted by Gasteiger charge is 2.50. The normalized spacial score (nSPS) is 25.1. The van der Waals surface area contributed by atoms with Crippen molar-refractivity contribution in [3.05, 3.63) is 86.8 Å². The number of rotatable bonds is 9. The van der Waals surface area contributed by atoms with Gasteiger partial charge < -0.3 is 75.9 Å². The number of carbonyl (C=O) groups is 1. The van der Waals surface area contributed by atoms with Crippen LogP contribution in [-0.4, -0.2) is 109 Å². The Balaban J connectivity index is 1.60. The molecule has 18 nitrogen and oxygen atoms in total. The molecular weight excluding hydrogens is 718 g/mol. The zero-order valence-corrected chi connectivity index (χ0v) is 27.8. The van der Waals surface area contributed by atoms with Crippen LogP contribution in [0.5, 0.6) is 51.7 Å². The fourth-order valence-electron chi connectivity index (χ4n) is 6.94. The molecule has 0 bridgehead atoms. The summed E-state index contributed by atoms with van der Waals surface area (Å²) in [6, 6.07) is 8.92. The summed E-state index contributed by atoms with van der Waals surface area (Å²) in [7, 11) is 0. The molecule has 6 rings (SSSR count). The lowest BCUT2D eigenvalue weighted by molar-refractivity contribution is -0.232. The molecule has 0 amide bonds. The second-order valence-electron chi connectivity index (χ2n) is 13.0. The number of ether oxygens (including phenoxy) is 2. The fourth-order valence-corrected chi connectivity index (χ4v) is 6.94. The fraction of sp³-hybridized carbons (Fsp3) is 0.306. The molecule has 2 heterocycles. The Labute approximate surface area is 303 Å². The Hall–Kier alpha value is -5.89. The number of hydrogen-bond donors (Lipinski definition) is 13. The average Bonchev–Trinajstić information content (AvgIpc) is 3.13. The van der Waals surface area contributed by atoms with Crippen molar-refractivity contribution in [3.8, 4) is 51.7 Å². The smallest absolute Gasteiger partial charge is 0.170 e. The maximum absolute atomic E-state index is 14.0. The van der Waals surface area contributed by atoms with E-state index in [4.69, 9.17) is 9.47 Å². The molecule has 0 saturated carbocycles. The molecular formula is C36H35NO17. The van der Waals surface area contributed by atoms with Gasteiger partial charge in [-0.05, 0) is 47.0 Å². The predicted molar refractivity (Wildman–Crippen MR) is 181 cm³/mol. The van der Waals surface area contributed by atoms with Crippen molar-refractivity contribution in [1.82, 2.24) is 0 Å². The summed E-state index contributed by atoms with van der Waals surface area (Å²) < 4.78 is 11.5. The lowest BCUT2D eigenvalue weighted by Gasteiger charge is -2.41. The van der Waals surface area contributed by atoms with Crippen LogP contribution in [-0.2, 0) is 11.2 Å². The van der Waals surface area contributed by atoms with Gasteiger partial charge in [-0.2, -0.15) is 0 Å². The molecule has 0 aromatic heterocycles. The van der Waals surface area contributed by atoms with Crippen LogP contribution in [0.4, 0.5) is 5.69 Å². The minimum absolute atomic E-state index is 0.0160. The van der Waals surface area contributed by atoms with E-state index in [1.54, 1.807) is 0 Å². The number of hydrogen-bond acceptors (Lipinski definition) is 18. The van der Waals surface area contributed by atoms with E-state index in [1.807, 2.05) is 0 Å². The van der Waals surface area contributed by atoms with Gasteiger partial charge in [0.15, 0.2) is 34.9 Å². The molecule has 8 atom stereocenters. The minimum atomic E-state index is -2.16. The molecule has 286 valence electrons. The van der Waals surface area contributed by atoms with E-state index < -0.39 is 130 Å². The Morgan fingerprint density at radius 3 is 1.93 bits per heavy atom. The number of aromatic hydroxyl groups is 8. The summed E-state index contributed by atoms with van der Waals surface area (Å²) in [4.78, 5) is 25.5. The number of aliphatic hydroxyl groups is 5. The minimum Gasteiger partial charge on any atom is -0.507 e. The molecule has 2 aliphatic rings. The number of nitrogens with zero attached hydrogens (tertiary/aromatic N) is 1. The topological polar surface area (TPSA) is 328 Å².